The third-order valence-corrected chi connectivity index (χ3v) is 5.05. The molecule has 1 heterocycles. The molecule has 0 spiro atoms. The van der Waals surface area contributed by atoms with Crippen LogP contribution in [0.3, 0.4) is 0 Å². The van der Waals surface area contributed by atoms with Gasteiger partial charge in [0.15, 0.2) is 0 Å². The van der Waals surface area contributed by atoms with Crippen LogP contribution in [0.5, 0.6) is 0 Å². The zero-order valence-corrected chi connectivity index (χ0v) is 13.7. The standard InChI is InChI=1S/C17H31N3O/c1-3-10-19-17(14-18)9-5-6-15(13-17)20-11-7-16(8-12-20)21-4-2/h15-16,19H,3-13H2,1-2H3. The van der Waals surface area contributed by atoms with E-state index in [2.05, 4.69) is 30.1 Å². The molecular formula is C17H31N3O. The lowest BCUT2D eigenvalue weighted by atomic mass is 9.78. The van der Waals surface area contributed by atoms with Crippen LogP contribution in [0.15, 0.2) is 0 Å². The molecule has 0 aromatic carbocycles. The summed E-state index contributed by atoms with van der Waals surface area (Å²) >= 11 is 0. The Hall–Kier alpha value is -0.630. The van der Waals surface area contributed by atoms with Gasteiger partial charge in [0, 0.05) is 25.7 Å². The average molecular weight is 293 g/mol. The van der Waals surface area contributed by atoms with Crippen LogP contribution in [0.4, 0.5) is 0 Å². The van der Waals surface area contributed by atoms with E-state index in [-0.39, 0.29) is 5.54 Å². The van der Waals surface area contributed by atoms with Crippen LogP contribution in [0.1, 0.15) is 58.8 Å². The van der Waals surface area contributed by atoms with Crippen molar-refractivity contribution >= 4 is 0 Å². The highest BCUT2D eigenvalue weighted by Crippen LogP contribution is 2.32. The second-order valence-corrected chi connectivity index (χ2v) is 6.56. The van der Waals surface area contributed by atoms with Gasteiger partial charge in [-0.05, 0) is 58.4 Å². The fourth-order valence-corrected chi connectivity index (χ4v) is 3.87. The number of hydrogen-bond donors (Lipinski definition) is 1. The number of nitrogens with one attached hydrogen (secondary N) is 1. The molecule has 4 nitrogen and oxygen atoms in total. The average Bonchev–Trinajstić information content (AvgIpc) is 2.54. The van der Waals surface area contributed by atoms with Gasteiger partial charge in [0.1, 0.15) is 5.54 Å². The van der Waals surface area contributed by atoms with Crippen molar-refractivity contribution in [2.45, 2.75) is 76.5 Å². The normalized spacial score (nSPS) is 32.0. The quantitative estimate of drug-likeness (QED) is 0.818. The highest BCUT2D eigenvalue weighted by atomic mass is 16.5. The zero-order chi connectivity index (χ0) is 15.1. The van der Waals surface area contributed by atoms with Crippen LogP contribution in [0.2, 0.25) is 0 Å². The van der Waals surface area contributed by atoms with Crippen molar-refractivity contribution in [3.05, 3.63) is 0 Å². The number of likely N-dealkylation sites (tertiary alicyclic amines) is 1. The van der Waals surface area contributed by atoms with Crippen molar-refractivity contribution in [3.8, 4) is 6.07 Å². The highest BCUT2D eigenvalue weighted by molar-refractivity contribution is 5.11. The molecule has 1 aliphatic heterocycles. The monoisotopic (exact) mass is 293 g/mol. The van der Waals surface area contributed by atoms with Crippen molar-refractivity contribution in [3.63, 3.8) is 0 Å². The maximum atomic E-state index is 9.65. The van der Waals surface area contributed by atoms with Crippen LogP contribution in [-0.2, 0) is 4.74 Å². The molecule has 2 fully saturated rings. The summed E-state index contributed by atoms with van der Waals surface area (Å²) in [6.07, 6.45) is 8.25. The summed E-state index contributed by atoms with van der Waals surface area (Å²) < 4.78 is 5.74. The molecule has 1 N–H and O–H groups in total. The largest absolute Gasteiger partial charge is 0.378 e. The Morgan fingerprint density at radius 1 is 1.29 bits per heavy atom. The fraction of sp³-hybridized carbons (Fsp3) is 0.941. The minimum absolute atomic E-state index is 0.282. The van der Waals surface area contributed by atoms with E-state index in [1.807, 2.05) is 0 Å². The van der Waals surface area contributed by atoms with Crippen LogP contribution in [0.25, 0.3) is 0 Å². The summed E-state index contributed by atoms with van der Waals surface area (Å²) in [4.78, 5) is 2.61. The molecule has 1 aliphatic carbocycles. The lowest BCUT2D eigenvalue weighted by Crippen LogP contribution is -2.54. The van der Waals surface area contributed by atoms with E-state index < -0.39 is 0 Å². The third-order valence-electron chi connectivity index (χ3n) is 5.05. The summed E-state index contributed by atoms with van der Waals surface area (Å²) in [5.74, 6) is 0. The van der Waals surface area contributed by atoms with E-state index in [9.17, 15) is 5.26 Å². The number of hydrogen-bond acceptors (Lipinski definition) is 4. The van der Waals surface area contributed by atoms with Crippen molar-refractivity contribution < 1.29 is 4.74 Å². The highest BCUT2D eigenvalue weighted by Gasteiger charge is 2.38. The number of ether oxygens (including phenoxy) is 1. The van der Waals surface area contributed by atoms with E-state index in [0.29, 0.717) is 12.1 Å². The van der Waals surface area contributed by atoms with E-state index in [1.54, 1.807) is 0 Å². The van der Waals surface area contributed by atoms with Gasteiger partial charge in [-0.1, -0.05) is 6.92 Å². The van der Waals surface area contributed by atoms with Crippen molar-refractivity contribution in [1.82, 2.24) is 10.2 Å². The minimum Gasteiger partial charge on any atom is -0.378 e. The molecule has 0 aromatic rings. The summed E-state index contributed by atoms with van der Waals surface area (Å²) in [6.45, 7) is 8.28. The van der Waals surface area contributed by atoms with E-state index in [0.717, 1.165) is 58.3 Å². The molecular weight excluding hydrogens is 262 g/mol. The summed E-state index contributed by atoms with van der Waals surface area (Å²) in [7, 11) is 0. The molecule has 0 radical (unpaired) electrons. The van der Waals surface area contributed by atoms with Crippen LogP contribution >= 0.6 is 0 Å². The Kier molecular flexibility index (Phi) is 6.47. The first-order valence-corrected chi connectivity index (χ1v) is 8.75. The molecule has 2 atom stereocenters. The Morgan fingerprint density at radius 3 is 2.67 bits per heavy atom. The minimum atomic E-state index is -0.282. The third kappa shape index (κ3) is 4.42. The molecule has 0 bridgehead atoms. The van der Waals surface area contributed by atoms with Crippen molar-refractivity contribution in [2.24, 2.45) is 0 Å². The number of nitrogens with zero attached hydrogens (tertiary/aromatic N) is 2. The van der Waals surface area contributed by atoms with Crippen LogP contribution < -0.4 is 5.32 Å². The number of nitriles is 1. The summed E-state index contributed by atoms with van der Waals surface area (Å²) in [5.41, 5.74) is -0.282. The first-order chi connectivity index (χ1) is 10.2. The zero-order valence-electron chi connectivity index (χ0n) is 13.7. The van der Waals surface area contributed by atoms with Crippen molar-refractivity contribution in [2.75, 3.05) is 26.2 Å². The predicted octanol–water partition coefficient (Wildman–Crippen LogP) is 2.69. The molecule has 0 amide bonds. The van der Waals surface area contributed by atoms with Gasteiger partial charge < -0.3 is 9.64 Å². The Labute approximate surface area is 129 Å². The molecule has 2 unspecified atom stereocenters. The van der Waals surface area contributed by atoms with Gasteiger partial charge in [-0.2, -0.15) is 5.26 Å². The SMILES string of the molecule is CCCNC1(C#N)CCCC(N2CCC(OCC)CC2)C1. The van der Waals surface area contributed by atoms with Gasteiger partial charge >= 0.3 is 0 Å². The van der Waals surface area contributed by atoms with Crippen molar-refractivity contribution in [1.29, 1.82) is 5.26 Å². The molecule has 1 saturated heterocycles. The smallest absolute Gasteiger partial charge is 0.108 e. The number of piperidine rings is 1. The second kappa shape index (κ2) is 8.12. The van der Waals surface area contributed by atoms with Gasteiger partial charge in [-0.25, -0.2) is 0 Å². The van der Waals surface area contributed by atoms with Crippen LogP contribution in [0, 0.1) is 11.3 Å². The van der Waals surface area contributed by atoms with Gasteiger partial charge in [0.2, 0.25) is 0 Å². The Balaban J connectivity index is 1.88. The molecule has 2 rings (SSSR count). The lowest BCUT2D eigenvalue weighted by molar-refractivity contribution is -0.00436. The predicted molar refractivity (Wildman–Crippen MR) is 85.1 cm³/mol. The Bertz CT molecular complexity index is 346. The molecule has 1 saturated carbocycles. The molecule has 4 heteroatoms. The maximum absolute atomic E-state index is 9.65. The van der Waals surface area contributed by atoms with E-state index in [4.69, 9.17) is 4.74 Å². The van der Waals surface area contributed by atoms with Gasteiger partial charge in [-0.3, -0.25) is 5.32 Å². The van der Waals surface area contributed by atoms with Gasteiger partial charge in [-0.15, -0.1) is 0 Å². The van der Waals surface area contributed by atoms with E-state index >= 15 is 0 Å². The summed E-state index contributed by atoms with van der Waals surface area (Å²) in [6, 6.07) is 3.16. The molecule has 0 aromatic heterocycles. The first kappa shape index (κ1) is 16.7. The first-order valence-electron chi connectivity index (χ1n) is 8.75. The second-order valence-electron chi connectivity index (χ2n) is 6.56. The molecule has 120 valence electrons. The van der Waals surface area contributed by atoms with Gasteiger partial charge in [0.05, 0.1) is 12.2 Å². The molecule has 2 aliphatic rings. The van der Waals surface area contributed by atoms with E-state index in [1.165, 1.54) is 12.8 Å². The number of rotatable bonds is 6. The lowest BCUT2D eigenvalue weighted by Gasteiger charge is -2.44. The topological polar surface area (TPSA) is 48.3 Å². The van der Waals surface area contributed by atoms with Crippen LogP contribution in [-0.4, -0.2) is 48.8 Å². The fourth-order valence-electron chi connectivity index (χ4n) is 3.87. The van der Waals surface area contributed by atoms with Gasteiger partial charge in [0.25, 0.3) is 0 Å². The summed E-state index contributed by atoms with van der Waals surface area (Å²) in [5, 5.41) is 13.2. The maximum Gasteiger partial charge on any atom is 0.108 e. The Morgan fingerprint density at radius 2 is 2.05 bits per heavy atom. The molecule has 21 heavy (non-hydrogen) atoms.